The fraction of sp³-hybridized carbons (Fsp3) is 0. The van der Waals surface area contributed by atoms with Crippen molar-refractivity contribution in [3.05, 3.63) is 42.5 Å². The van der Waals surface area contributed by atoms with Crippen molar-refractivity contribution < 1.29 is 9.90 Å². The summed E-state index contributed by atoms with van der Waals surface area (Å²) < 4.78 is 0. The Morgan fingerprint density at radius 2 is 2.05 bits per heavy atom. The number of rotatable bonds is 3. The average Bonchev–Trinajstić information content (AvgIpc) is 2.88. The number of nitrogens with one attached hydrogen (secondary N) is 2. The Morgan fingerprint density at radius 3 is 2.89 bits per heavy atom. The van der Waals surface area contributed by atoms with Crippen LogP contribution in [-0.4, -0.2) is 31.0 Å². The highest BCUT2D eigenvalue weighted by Crippen LogP contribution is 2.23. The number of aromatic nitrogens is 4. The molecule has 0 bridgehead atoms. The molecule has 94 valence electrons. The molecular weight excluding hydrogens is 246 g/mol. The van der Waals surface area contributed by atoms with Gasteiger partial charge in [-0.05, 0) is 12.1 Å². The fourth-order valence-electron chi connectivity index (χ4n) is 1.77. The van der Waals surface area contributed by atoms with Gasteiger partial charge in [-0.3, -0.25) is 0 Å². The lowest BCUT2D eigenvalue weighted by molar-refractivity contribution is 0.0698. The summed E-state index contributed by atoms with van der Waals surface area (Å²) in [6, 6.07) is 6.62. The van der Waals surface area contributed by atoms with Crippen LogP contribution in [0.2, 0.25) is 0 Å². The van der Waals surface area contributed by atoms with Gasteiger partial charge in [-0.25, -0.2) is 19.7 Å². The van der Waals surface area contributed by atoms with Crippen LogP contribution >= 0.6 is 0 Å². The van der Waals surface area contributed by atoms with E-state index in [-0.39, 0.29) is 5.56 Å². The number of carboxylic acid groups (broad SMARTS) is 1. The third-order valence-electron chi connectivity index (χ3n) is 2.63. The molecular formula is C12H9N5O2. The quantitative estimate of drug-likeness (QED) is 0.659. The van der Waals surface area contributed by atoms with Gasteiger partial charge in [0.25, 0.3) is 0 Å². The van der Waals surface area contributed by atoms with E-state index in [0.717, 1.165) is 0 Å². The van der Waals surface area contributed by atoms with Crippen LogP contribution in [0.4, 0.5) is 11.5 Å². The summed E-state index contributed by atoms with van der Waals surface area (Å²) in [5.74, 6) is -0.519. The van der Waals surface area contributed by atoms with Crippen LogP contribution < -0.4 is 5.32 Å². The maximum Gasteiger partial charge on any atom is 0.337 e. The van der Waals surface area contributed by atoms with E-state index in [1.807, 2.05) is 0 Å². The third-order valence-corrected chi connectivity index (χ3v) is 2.63. The van der Waals surface area contributed by atoms with Crippen LogP contribution in [0.25, 0.3) is 11.2 Å². The van der Waals surface area contributed by atoms with Crippen molar-refractivity contribution >= 4 is 28.6 Å². The minimum atomic E-state index is -1.00. The molecule has 0 radical (unpaired) electrons. The molecule has 0 aliphatic carbocycles. The molecule has 19 heavy (non-hydrogen) atoms. The number of aromatic carboxylic acids is 1. The first kappa shape index (κ1) is 11.1. The van der Waals surface area contributed by atoms with Crippen LogP contribution in [0.3, 0.4) is 0 Å². The lowest BCUT2D eigenvalue weighted by Gasteiger charge is -2.08. The van der Waals surface area contributed by atoms with Crippen molar-refractivity contribution in [3.63, 3.8) is 0 Å². The number of aromatic amines is 1. The molecule has 0 aliphatic rings. The van der Waals surface area contributed by atoms with Gasteiger partial charge in [0.2, 0.25) is 0 Å². The van der Waals surface area contributed by atoms with Crippen LogP contribution in [0.5, 0.6) is 0 Å². The zero-order valence-corrected chi connectivity index (χ0v) is 9.66. The van der Waals surface area contributed by atoms with Crippen molar-refractivity contribution in [2.75, 3.05) is 5.32 Å². The number of fused-ring (bicyclic) bond motifs is 1. The lowest BCUT2D eigenvalue weighted by atomic mass is 10.2. The third kappa shape index (κ3) is 1.97. The summed E-state index contributed by atoms with van der Waals surface area (Å²) in [5.41, 5.74) is 1.78. The van der Waals surface area contributed by atoms with Crippen LogP contribution in [0.1, 0.15) is 10.4 Å². The Bertz CT molecular complexity index is 752. The maximum absolute atomic E-state index is 11.1. The van der Waals surface area contributed by atoms with Gasteiger partial charge in [-0.2, -0.15) is 0 Å². The number of benzene rings is 1. The zero-order chi connectivity index (χ0) is 13.2. The van der Waals surface area contributed by atoms with Crippen molar-refractivity contribution in [1.29, 1.82) is 0 Å². The van der Waals surface area contributed by atoms with Crippen molar-refractivity contribution in [1.82, 2.24) is 19.9 Å². The molecule has 2 aromatic heterocycles. The molecule has 0 aliphatic heterocycles. The summed E-state index contributed by atoms with van der Waals surface area (Å²) in [5, 5.41) is 12.1. The predicted octanol–water partition coefficient (Wildman–Crippen LogP) is 1.79. The van der Waals surface area contributed by atoms with Gasteiger partial charge in [0.05, 0.1) is 17.6 Å². The molecule has 0 amide bonds. The highest BCUT2D eigenvalue weighted by Gasteiger charge is 2.11. The van der Waals surface area contributed by atoms with Crippen molar-refractivity contribution in [3.8, 4) is 0 Å². The van der Waals surface area contributed by atoms with Gasteiger partial charge >= 0.3 is 5.97 Å². The fourth-order valence-corrected chi connectivity index (χ4v) is 1.77. The molecule has 0 saturated heterocycles. The van der Waals surface area contributed by atoms with Crippen molar-refractivity contribution in [2.45, 2.75) is 0 Å². The molecule has 3 rings (SSSR count). The minimum absolute atomic E-state index is 0.175. The van der Waals surface area contributed by atoms with E-state index in [1.165, 1.54) is 18.7 Å². The molecule has 1 aromatic carbocycles. The van der Waals surface area contributed by atoms with E-state index >= 15 is 0 Å². The number of carbonyl (C=O) groups is 1. The van der Waals surface area contributed by atoms with Gasteiger partial charge in [0.1, 0.15) is 11.8 Å². The average molecular weight is 255 g/mol. The molecule has 7 nitrogen and oxygen atoms in total. The summed E-state index contributed by atoms with van der Waals surface area (Å²) in [4.78, 5) is 26.1. The molecule has 2 heterocycles. The monoisotopic (exact) mass is 255 g/mol. The number of hydrogen-bond acceptors (Lipinski definition) is 5. The van der Waals surface area contributed by atoms with E-state index in [1.54, 1.807) is 18.2 Å². The van der Waals surface area contributed by atoms with Gasteiger partial charge in [0.15, 0.2) is 11.5 Å². The number of para-hydroxylation sites is 1. The first-order valence-corrected chi connectivity index (χ1v) is 5.49. The summed E-state index contributed by atoms with van der Waals surface area (Å²) >= 11 is 0. The van der Waals surface area contributed by atoms with Gasteiger partial charge in [-0.1, -0.05) is 12.1 Å². The smallest absolute Gasteiger partial charge is 0.337 e. The molecule has 0 atom stereocenters. The Labute approximate surface area is 107 Å². The SMILES string of the molecule is O=C(O)c1ccccc1Nc1ncnc2nc[nH]c12. The van der Waals surface area contributed by atoms with E-state index in [0.29, 0.717) is 22.7 Å². The largest absolute Gasteiger partial charge is 0.478 e. The standard InChI is InChI=1S/C12H9N5O2/c18-12(19)7-3-1-2-4-8(7)17-11-9-10(14-5-13-9)15-6-16-11/h1-6H,(H,18,19)(H2,13,14,15,16,17). The Kier molecular flexibility index (Phi) is 2.57. The Balaban J connectivity index is 2.06. The summed E-state index contributed by atoms with van der Waals surface area (Å²) in [7, 11) is 0. The van der Waals surface area contributed by atoms with Crippen LogP contribution in [0, 0.1) is 0 Å². The van der Waals surface area contributed by atoms with E-state index in [4.69, 9.17) is 5.11 Å². The second-order valence-electron chi connectivity index (χ2n) is 3.80. The number of carboxylic acids is 1. The molecule has 0 fully saturated rings. The van der Waals surface area contributed by atoms with Crippen LogP contribution in [0.15, 0.2) is 36.9 Å². The minimum Gasteiger partial charge on any atom is -0.478 e. The van der Waals surface area contributed by atoms with E-state index in [9.17, 15) is 4.79 Å². The topological polar surface area (TPSA) is 104 Å². The molecule has 0 saturated carbocycles. The predicted molar refractivity (Wildman–Crippen MR) is 68.4 cm³/mol. The molecule has 7 heteroatoms. The molecule has 0 spiro atoms. The number of imidazole rings is 1. The highest BCUT2D eigenvalue weighted by atomic mass is 16.4. The number of nitrogens with zero attached hydrogens (tertiary/aromatic N) is 3. The maximum atomic E-state index is 11.1. The van der Waals surface area contributed by atoms with Gasteiger partial charge in [0, 0.05) is 0 Å². The molecule has 0 unspecified atom stereocenters. The van der Waals surface area contributed by atoms with E-state index in [2.05, 4.69) is 25.3 Å². The Hall–Kier alpha value is -2.96. The van der Waals surface area contributed by atoms with Crippen molar-refractivity contribution in [2.24, 2.45) is 0 Å². The second-order valence-corrected chi connectivity index (χ2v) is 3.80. The first-order valence-electron chi connectivity index (χ1n) is 5.49. The molecule has 3 aromatic rings. The van der Waals surface area contributed by atoms with E-state index < -0.39 is 5.97 Å². The van der Waals surface area contributed by atoms with Gasteiger partial charge < -0.3 is 15.4 Å². The highest BCUT2D eigenvalue weighted by molar-refractivity contribution is 5.96. The number of anilines is 2. The second kappa shape index (κ2) is 4.37. The van der Waals surface area contributed by atoms with Gasteiger partial charge in [-0.15, -0.1) is 0 Å². The summed E-state index contributed by atoms with van der Waals surface area (Å²) in [6.07, 6.45) is 2.88. The lowest BCUT2D eigenvalue weighted by Crippen LogP contribution is -2.03. The number of hydrogen-bond donors (Lipinski definition) is 3. The Morgan fingerprint density at radius 1 is 1.21 bits per heavy atom. The zero-order valence-electron chi connectivity index (χ0n) is 9.66. The van der Waals surface area contributed by atoms with Crippen LogP contribution in [-0.2, 0) is 0 Å². The summed E-state index contributed by atoms with van der Waals surface area (Å²) in [6.45, 7) is 0. The number of H-pyrrole nitrogens is 1. The normalized spacial score (nSPS) is 10.5. The first-order chi connectivity index (χ1) is 9.25. The molecule has 3 N–H and O–H groups in total.